The minimum absolute atomic E-state index is 0.388. The molecule has 0 fully saturated rings. The largest absolute Gasteiger partial charge is 0.481 e. The van der Waals surface area contributed by atoms with Gasteiger partial charge in [-0.15, -0.1) is 0 Å². The van der Waals surface area contributed by atoms with Crippen molar-refractivity contribution in [1.29, 1.82) is 0 Å². The van der Waals surface area contributed by atoms with Gasteiger partial charge < -0.3 is 15.9 Å². The van der Waals surface area contributed by atoms with Crippen LogP contribution in [0.2, 0.25) is 0 Å². The predicted octanol–water partition coefficient (Wildman–Crippen LogP) is -0.541. The van der Waals surface area contributed by atoms with Gasteiger partial charge in [0.05, 0.1) is 5.92 Å². The fourth-order valence-electron chi connectivity index (χ4n) is 0.637. The van der Waals surface area contributed by atoms with Crippen LogP contribution in [0, 0.1) is 5.92 Å². The Balaban J connectivity index is 4.02. The lowest BCUT2D eigenvalue weighted by Crippen LogP contribution is -2.35. The quantitative estimate of drug-likeness (QED) is 0.526. The Labute approximate surface area is 68.0 Å². The number of hydrogen-bond acceptors (Lipinski definition) is 3. The first-order valence-corrected chi connectivity index (χ1v) is 3.26. The molecule has 0 aromatic rings. The number of rotatable bonds is 5. The van der Waals surface area contributed by atoms with E-state index in [1.54, 1.807) is 0 Å². The second kappa shape index (κ2) is 4.66. The molecule has 2 atom stereocenters. The van der Waals surface area contributed by atoms with E-state index >= 15 is 0 Å². The SMILES string of the molecule is N[C@@H](CC(CF)C(=O)O)C(=O)O. The number of nitrogens with two attached hydrogens (primary N) is 1. The number of aliphatic carboxylic acids is 2. The summed E-state index contributed by atoms with van der Waals surface area (Å²) in [5.41, 5.74) is 5.00. The minimum atomic E-state index is -1.37. The standard InChI is InChI=1S/C6H10FNO4/c7-2-3(5(9)10)1-4(8)6(11)12/h3-4H,1-2,8H2,(H,9,10)(H,11,12)/t3?,4-/m0/s1. The smallest absolute Gasteiger partial charge is 0.320 e. The lowest BCUT2D eigenvalue weighted by Gasteiger charge is -2.10. The molecule has 0 aromatic heterocycles. The Hall–Kier alpha value is -1.17. The van der Waals surface area contributed by atoms with Crippen molar-refractivity contribution in [3.05, 3.63) is 0 Å². The minimum Gasteiger partial charge on any atom is -0.481 e. The zero-order valence-corrected chi connectivity index (χ0v) is 6.24. The molecule has 0 aromatic carbocycles. The Morgan fingerprint density at radius 2 is 1.83 bits per heavy atom. The van der Waals surface area contributed by atoms with Gasteiger partial charge in [0, 0.05) is 0 Å². The molecule has 0 rings (SSSR count). The molecule has 0 saturated carbocycles. The Bertz CT molecular complexity index is 184. The molecule has 0 heterocycles. The van der Waals surface area contributed by atoms with Gasteiger partial charge in [0.25, 0.3) is 0 Å². The van der Waals surface area contributed by atoms with Crippen LogP contribution in [-0.4, -0.2) is 34.9 Å². The highest BCUT2D eigenvalue weighted by atomic mass is 19.1. The van der Waals surface area contributed by atoms with Gasteiger partial charge >= 0.3 is 11.9 Å². The van der Waals surface area contributed by atoms with Crippen LogP contribution in [-0.2, 0) is 9.59 Å². The Kier molecular flexibility index (Phi) is 4.20. The van der Waals surface area contributed by atoms with Gasteiger partial charge in [-0.3, -0.25) is 14.0 Å². The van der Waals surface area contributed by atoms with Gasteiger partial charge in [0.15, 0.2) is 0 Å². The summed E-state index contributed by atoms with van der Waals surface area (Å²) in [5, 5.41) is 16.6. The van der Waals surface area contributed by atoms with Gasteiger partial charge in [-0.2, -0.15) is 0 Å². The van der Waals surface area contributed by atoms with Crippen molar-refractivity contribution in [3.63, 3.8) is 0 Å². The van der Waals surface area contributed by atoms with Gasteiger partial charge in [-0.05, 0) is 6.42 Å². The molecule has 0 aliphatic heterocycles. The van der Waals surface area contributed by atoms with Crippen LogP contribution >= 0.6 is 0 Å². The molecule has 0 amide bonds. The van der Waals surface area contributed by atoms with Gasteiger partial charge in [-0.1, -0.05) is 0 Å². The number of halogens is 1. The van der Waals surface area contributed by atoms with E-state index in [-0.39, 0.29) is 6.42 Å². The van der Waals surface area contributed by atoms with E-state index in [0.29, 0.717) is 0 Å². The average molecular weight is 179 g/mol. The summed E-state index contributed by atoms with van der Waals surface area (Å²) in [5.74, 6) is -4.01. The second-order valence-electron chi connectivity index (χ2n) is 2.37. The zero-order valence-electron chi connectivity index (χ0n) is 6.24. The van der Waals surface area contributed by atoms with Crippen molar-refractivity contribution in [1.82, 2.24) is 0 Å². The van der Waals surface area contributed by atoms with Crippen molar-refractivity contribution in [2.45, 2.75) is 12.5 Å². The molecule has 0 radical (unpaired) electrons. The summed E-state index contributed by atoms with van der Waals surface area (Å²) in [4.78, 5) is 20.3. The normalized spacial score (nSPS) is 15.2. The molecule has 0 aliphatic carbocycles. The van der Waals surface area contributed by atoms with Crippen LogP contribution in [0.3, 0.4) is 0 Å². The zero-order chi connectivity index (χ0) is 9.72. The molecule has 1 unspecified atom stereocenters. The molecular formula is C6H10FNO4. The van der Waals surface area contributed by atoms with Crippen molar-refractivity contribution in [3.8, 4) is 0 Å². The van der Waals surface area contributed by atoms with Gasteiger partial charge in [0.1, 0.15) is 12.7 Å². The van der Waals surface area contributed by atoms with Crippen molar-refractivity contribution in [2.75, 3.05) is 6.67 Å². The Morgan fingerprint density at radius 1 is 1.33 bits per heavy atom. The summed E-state index contributed by atoms with van der Waals surface area (Å²) in [6.07, 6.45) is -0.388. The lowest BCUT2D eigenvalue weighted by molar-refractivity contribution is -0.144. The molecule has 70 valence electrons. The van der Waals surface area contributed by atoms with E-state index in [4.69, 9.17) is 15.9 Å². The number of carboxylic acid groups (broad SMARTS) is 2. The monoisotopic (exact) mass is 179 g/mol. The van der Waals surface area contributed by atoms with Crippen LogP contribution in [0.15, 0.2) is 0 Å². The molecule has 12 heavy (non-hydrogen) atoms. The highest BCUT2D eigenvalue weighted by Crippen LogP contribution is 2.06. The van der Waals surface area contributed by atoms with E-state index in [0.717, 1.165) is 0 Å². The number of carbonyl (C=O) groups is 2. The van der Waals surface area contributed by atoms with Crippen molar-refractivity contribution >= 4 is 11.9 Å². The first kappa shape index (κ1) is 10.8. The van der Waals surface area contributed by atoms with Crippen LogP contribution in [0.5, 0.6) is 0 Å². The highest BCUT2D eigenvalue weighted by Gasteiger charge is 2.23. The number of alkyl halides is 1. The third kappa shape index (κ3) is 3.29. The van der Waals surface area contributed by atoms with E-state index in [9.17, 15) is 14.0 Å². The van der Waals surface area contributed by atoms with Crippen LogP contribution in [0.25, 0.3) is 0 Å². The molecule has 5 nitrogen and oxygen atoms in total. The molecule has 4 N–H and O–H groups in total. The summed E-state index contributed by atoms with van der Waals surface area (Å²) in [6, 6.07) is -1.32. The first-order chi connectivity index (χ1) is 5.49. The summed E-state index contributed by atoms with van der Waals surface area (Å²) in [6.45, 7) is -1.10. The highest BCUT2D eigenvalue weighted by molar-refractivity contribution is 5.75. The molecule has 0 spiro atoms. The maximum absolute atomic E-state index is 11.9. The maximum Gasteiger partial charge on any atom is 0.320 e. The van der Waals surface area contributed by atoms with Crippen molar-refractivity contribution in [2.24, 2.45) is 11.7 Å². The van der Waals surface area contributed by atoms with Crippen LogP contribution in [0.1, 0.15) is 6.42 Å². The molecule has 0 bridgehead atoms. The van der Waals surface area contributed by atoms with Crippen LogP contribution < -0.4 is 5.73 Å². The fraction of sp³-hybridized carbons (Fsp3) is 0.667. The topological polar surface area (TPSA) is 101 Å². The van der Waals surface area contributed by atoms with Crippen LogP contribution in [0.4, 0.5) is 4.39 Å². The Morgan fingerprint density at radius 3 is 2.08 bits per heavy atom. The van der Waals surface area contributed by atoms with Crippen molar-refractivity contribution < 1.29 is 24.2 Å². The average Bonchev–Trinajstić information content (AvgIpc) is 1.98. The van der Waals surface area contributed by atoms with E-state index < -0.39 is 30.6 Å². The van der Waals surface area contributed by atoms with Gasteiger partial charge in [0.2, 0.25) is 0 Å². The summed E-state index contributed by atoms with van der Waals surface area (Å²) >= 11 is 0. The number of carboxylic acids is 2. The fourth-order valence-corrected chi connectivity index (χ4v) is 0.637. The summed E-state index contributed by atoms with van der Waals surface area (Å²) < 4.78 is 11.9. The van der Waals surface area contributed by atoms with Gasteiger partial charge in [-0.25, -0.2) is 0 Å². The first-order valence-electron chi connectivity index (χ1n) is 3.26. The van der Waals surface area contributed by atoms with E-state index in [2.05, 4.69) is 0 Å². The molecule has 6 heteroatoms. The second-order valence-corrected chi connectivity index (χ2v) is 2.37. The van der Waals surface area contributed by atoms with E-state index in [1.807, 2.05) is 0 Å². The van der Waals surface area contributed by atoms with E-state index in [1.165, 1.54) is 0 Å². The maximum atomic E-state index is 11.9. The molecular weight excluding hydrogens is 169 g/mol. The number of hydrogen-bond donors (Lipinski definition) is 3. The summed E-state index contributed by atoms with van der Waals surface area (Å²) in [7, 11) is 0. The third-order valence-electron chi connectivity index (χ3n) is 1.39. The third-order valence-corrected chi connectivity index (χ3v) is 1.39. The molecule has 0 saturated heterocycles. The molecule has 0 aliphatic rings. The lowest BCUT2D eigenvalue weighted by atomic mass is 10.0. The predicted molar refractivity (Wildman–Crippen MR) is 37.3 cm³/mol.